The molecule has 2 N–H and O–H groups in total. The lowest BCUT2D eigenvalue weighted by molar-refractivity contribution is 0.0507. The molecule has 5 heteroatoms. The first-order valence-electron chi connectivity index (χ1n) is 5.50. The van der Waals surface area contributed by atoms with Crippen molar-refractivity contribution in [2.45, 2.75) is 45.3 Å². The number of rotatable bonds is 4. The molecule has 1 rings (SSSR count). The number of hydrogen-bond acceptors (Lipinski definition) is 4. The van der Waals surface area contributed by atoms with Gasteiger partial charge in [-0.05, 0) is 27.7 Å². The van der Waals surface area contributed by atoms with Crippen LogP contribution in [0.5, 0.6) is 0 Å². The first-order chi connectivity index (χ1) is 7.20. The summed E-state index contributed by atoms with van der Waals surface area (Å²) in [5.41, 5.74) is -0.808. The third-order valence-corrected chi connectivity index (χ3v) is 2.34. The van der Waals surface area contributed by atoms with Gasteiger partial charge in [0.15, 0.2) is 0 Å². The normalized spacial score (nSPS) is 16.1. The molecule has 1 unspecified atom stereocenters. The van der Waals surface area contributed by atoms with Crippen LogP contribution in [0.25, 0.3) is 0 Å². The number of hydrogen-bond donors (Lipinski definition) is 2. The molecule has 16 heavy (non-hydrogen) atoms. The quantitative estimate of drug-likeness (QED) is 0.784. The van der Waals surface area contributed by atoms with Crippen molar-refractivity contribution >= 4 is 0 Å². The summed E-state index contributed by atoms with van der Waals surface area (Å²) in [4.78, 5) is 4.11. The number of aryl methyl sites for hydroxylation is 1. The zero-order valence-electron chi connectivity index (χ0n) is 10.8. The Morgan fingerprint density at radius 1 is 1.38 bits per heavy atom. The molecular formula is C11H22N4O. The molecule has 1 aromatic rings. The molecule has 0 spiro atoms. The zero-order chi connectivity index (χ0) is 12.4. The lowest BCUT2D eigenvalue weighted by Gasteiger charge is -2.29. The van der Waals surface area contributed by atoms with Gasteiger partial charge < -0.3 is 10.4 Å². The van der Waals surface area contributed by atoms with E-state index in [1.54, 1.807) is 11.6 Å². The number of aromatic nitrogens is 3. The van der Waals surface area contributed by atoms with Crippen LogP contribution in [-0.2, 0) is 13.5 Å². The summed E-state index contributed by atoms with van der Waals surface area (Å²) >= 11 is 0. The minimum absolute atomic E-state index is 0.00385. The largest absolute Gasteiger partial charge is 0.388 e. The molecule has 0 aliphatic carbocycles. The second-order valence-electron chi connectivity index (χ2n) is 5.58. The molecule has 0 fully saturated rings. The molecular weight excluding hydrogens is 204 g/mol. The van der Waals surface area contributed by atoms with E-state index in [0.29, 0.717) is 13.0 Å². The second kappa shape index (κ2) is 4.51. The van der Waals surface area contributed by atoms with Crippen molar-refractivity contribution in [1.82, 2.24) is 20.1 Å². The van der Waals surface area contributed by atoms with Gasteiger partial charge in [-0.1, -0.05) is 0 Å². The maximum atomic E-state index is 10.2. The molecule has 0 aromatic carbocycles. The first kappa shape index (κ1) is 13.1. The van der Waals surface area contributed by atoms with Crippen LogP contribution in [0.4, 0.5) is 0 Å². The van der Waals surface area contributed by atoms with Crippen molar-refractivity contribution < 1.29 is 5.11 Å². The van der Waals surface area contributed by atoms with E-state index in [1.165, 1.54) is 6.33 Å². The molecule has 0 aliphatic heterocycles. The summed E-state index contributed by atoms with van der Waals surface area (Å²) in [5.74, 6) is 0.792. The number of nitrogens with one attached hydrogen (secondary N) is 1. The zero-order valence-corrected chi connectivity index (χ0v) is 10.8. The Kier molecular flexibility index (Phi) is 3.70. The van der Waals surface area contributed by atoms with Gasteiger partial charge in [0.2, 0.25) is 0 Å². The van der Waals surface area contributed by atoms with E-state index in [4.69, 9.17) is 0 Å². The summed E-state index contributed by atoms with van der Waals surface area (Å²) in [7, 11) is 1.83. The fourth-order valence-electron chi connectivity index (χ4n) is 1.34. The highest BCUT2D eigenvalue weighted by atomic mass is 16.3. The van der Waals surface area contributed by atoms with Gasteiger partial charge in [-0.3, -0.25) is 4.68 Å². The molecule has 0 aliphatic rings. The Morgan fingerprint density at radius 2 is 2.00 bits per heavy atom. The van der Waals surface area contributed by atoms with E-state index in [-0.39, 0.29) is 5.54 Å². The fraction of sp³-hybridized carbons (Fsp3) is 0.818. The molecule has 1 heterocycles. The van der Waals surface area contributed by atoms with Crippen LogP contribution < -0.4 is 5.32 Å². The van der Waals surface area contributed by atoms with Gasteiger partial charge in [-0.25, -0.2) is 4.98 Å². The number of nitrogens with zero attached hydrogens (tertiary/aromatic N) is 3. The molecule has 92 valence electrons. The first-order valence-corrected chi connectivity index (χ1v) is 5.50. The van der Waals surface area contributed by atoms with Crippen molar-refractivity contribution in [1.29, 1.82) is 0 Å². The Labute approximate surface area is 96.9 Å². The highest BCUT2D eigenvalue weighted by Gasteiger charge is 2.25. The van der Waals surface area contributed by atoms with Crippen molar-refractivity contribution in [3.63, 3.8) is 0 Å². The third kappa shape index (κ3) is 4.28. The summed E-state index contributed by atoms with van der Waals surface area (Å²) in [5, 5.41) is 17.5. The molecule has 1 aromatic heterocycles. The van der Waals surface area contributed by atoms with Crippen molar-refractivity contribution in [2.75, 3.05) is 6.54 Å². The molecule has 0 saturated carbocycles. The average Bonchev–Trinajstić information content (AvgIpc) is 2.47. The van der Waals surface area contributed by atoms with Crippen LogP contribution in [-0.4, -0.2) is 37.6 Å². The van der Waals surface area contributed by atoms with E-state index in [1.807, 2.05) is 7.05 Å². The lowest BCUT2D eigenvalue weighted by atomic mass is 9.99. The summed E-state index contributed by atoms with van der Waals surface area (Å²) in [6, 6.07) is 0. The molecule has 0 saturated heterocycles. The maximum Gasteiger partial charge on any atom is 0.138 e. The van der Waals surface area contributed by atoms with Crippen LogP contribution in [0, 0.1) is 0 Å². The average molecular weight is 226 g/mol. The van der Waals surface area contributed by atoms with Crippen LogP contribution in [0.2, 0.25) is 0 Å². The topological polar surface area (TPSA) is 63.0 Å². The summed E-state index contributed by atoms with van der Waals surface area (Å²) in [6.07, 6.45) is 2.00. The molecule has 0 radical (unpaired) electrons. The van der Waals surface area contributed by atoms with Gasteiger partial charge in [0, 0.05) is 25.6 Å². The highest BCUT2D eigenvalue weighted by Crippen LogP contribution is 2.11. The van der Waals surface area contributed by atoms with E-state index in [0.717, 1.165) is 5.82 Å². The SMILES string of the molecule is Cn1ncnc1CC(C)(O)CNC(C)(C)C. The summed E-state index contributed by atoms with van der Waals surface area (Å²) < 4.78 is 1.69. The van der Waals surface area contributed by atoms with Gasteiger partial charge in [0.1, 0.15) is 12.2 Å². The van der Waals surface area contributed by atoms with E-state index in [2.05, 4.69) is 36.2 Å². The van der Waals surface area contributed by atoms with Crippen LogP contribution in [0.3, 0.4) is 0 Å². The van der Waals surface area contributed by atoms with Gasteiger partial charge in [-0.2, -0.15) is 5.10 Å². The van der Waals surface area contributed by atoms with E-state index in [9.17, 15) is 5.11 Å². The van der Waals surface area contributed by atoms with Crippen LogP contribution in [0.15, 0.2) is 6.33 Å². The minimum Gasteiger partial charge on any atom is -0.388 e. The van der Waals surface area contributed by atoms with Crippen molar-refractivity contribution in [3.8, 4) is 0 Å². The van der Waals surface area contributed by atoms with Gasteiger partial charge in [0.05, 0.1) is 5.60 Å². The van der Waals surface area contributed by atoms with E-state index < -0.39 is 5.60 Å². The maximum absolute atomic E-state index is 10.2. The fourth-order valence-corrected chi connectivity index (χ4v) is 1.34. The second-order valence-corrected chi connectivity index (χ2v) is 5.58. The smallest absolute Gasteiger partial charge is 0.138 e. The Balaban J connectivity index is 2.55. The molecule has 0 amide bonds. The predicted octanol–water partition coefficient (Wildman–Crippen LogP) is 0.497. The Hall–Kier alpha value is -0.940. The van der Waals surface area contributed by atoms with Crippen molar-refractivity contribution in [3.05, 3.63) is 12.2 Å². The standard InChI is InChI=1S/C11H22N4O/c1-10(2,3)13-7-11(4,16)6-9-12-8-14-15(9)5/h8,13,16H,6-7H2,1-5H3. The number of aliphatic hydroxyl groups is 1. The van der Waals surface area contributed by atoms with Gasteiger partial charge in [0.25, 0.3) is 0 Å². The monoisotopic (exact) mass is 226 g/mol. The predicted molar refractivity (Wildman–Crippen MR) is 63.1 cm³/mol. The molecule has 5 nitrogen and oxygen atoms in total. The number of β-amino-alcohol motifs (C(OH)–C–C–N with tert-alkyl or cyclic N) is 1. The molecule has 1 atom stereocenters. The van der Waals surface area contributed by atoms with E-state index >= 15 is 0 Å². The third-order valence-electron chi connectivity index (χ3n) is 2.34. The lowest BCUT2D eigenvalue weighted by Crippen LogP contribution is -2.47. The van der Waals surface area contributed by atoms with Crippen LogP contribution in [0.1, 0.15) is 33.5 Å². The molecule has 0 bridgehead atoms. The van der Waals surface area contributed by atoms with Gasteiger partial charge >= 0.3 is 0 Å². The van der Waals surface area contributed by atoms with Crippen LogP contribution >= 0.6 is 0 Å². The Morgan fingerprint density at radius 3 is 2.44 bits per heavy atom. The van der Waals surface area contributed by atoms with Gasteiger partial charge in [-0.15, -0.1) is 0 Å². The minimum atomic E-state index is -0.811. The summed E-state index contributed by atoms with van der Waals surface area (Å²) in [6.45, 7) is 8.56. The van der Waals surface area contributed by atoms with Crippen molar-refractivity contribution in [2.24, 2.45) is 7.05 Å². The Bertz CT molecular complexity index is 338. The highest BCUT2D eigenvalue weighted by molar-refractivity contribution is 4.94.